The summed E-state index contributed by atoms with van der Waals surface area (Å²) in [5, 5.41) is 10.5. The Morgan fingerprint density at radius 3 is 2.62 bits per heavy atom. The van der Waals surface area contributed by atoms with Crippen molar-refractivity contribution in [1.82, 2.24) is 24.7 Å². The van der Waals surface area contributed by atoms with Crippen LogP contribution in [0.5, 0.6) is 0 Å². The maximum atomic E-state index is 6.06. The summed E-state index contributed by atoms with van der Waals surface area (Å²) >= 11 is 7.37. The van der Waals surface area contributed by atoms with Crippen molar-refractivity contribution in [3.05, 3.63) is 16.8 Å². The number of rotatable bonds is 4. The summed E-state index contributed by atoms with van der Waals surface area (Å²) < 4.78 is 2.27. The molecule has 6 nitrogen and oxygen atoms in total. The summed E-state index contributed by atoms with van der Waals surface area (Å²) in [6, 6.07) is 0.540. The van der Waals surface area contributed by atoms with E-state index in [-0.39, 0.29) is 5.28 Å². The van der Waals surface area contributed by atoms with Gasteiger partial charge in [-0.2, -0.15) is 0 Å². The Morgan fingerprint density at radius 1 is 1.19 bits per heavy atom. The summed E-state index contributed by atoms with van der Waals surface area (Å²) in [6.07, 6.45) is 4.83. The van der Waals surface area contributed by atoms with Gasteiger partial charge in [-0.3, -0.25) is 0 Å². The van der Waals surface area contributed by atoms with Crippen LogP contribution >= 0.6 is 23.4 Å². The molecule has 0 bridgehead atoms. The largest absolute Gasteiger partial charge is 0.395 e. The number of hydrogen-bond acceptors (Lipinski definition) is 6. The second-order valence-corrected chi connectivity index (χ2v) is 6.91. The fraction of sp³-hybridized carbons (Fsp3) is 0.538. The third kappa shape index (κ3) is 2.48. The minimum atomic E-state index is 0.212. The van der Waals surface area contributed by atoms with Gasteiger partial charge in [-0.1, -0.05) is 0 Å². The zero-order valence-electron chi connectivity index (χ0n) is 11.6. The van der Waals surface area contributed by atoms with Crippen molar-refractivity contribution in [1.29, 1.82) is 0 Å². The highest BCUT2D eigenvalue weighted by molar-refractivity contribution is 7.99. The topological polar surface area (TPSA) is 82.5 Å². The molecule has 2 heterocycles. The molecule has 2 aromatic rings. The first-order valence-corrected chi connectivity index (χ1v) is 8.25. The van der Waals surface area contributed by atoms with Crippen LogP contribution in [-0.4, -0.2) is 24.7 Å². The Balaban J connectivity index is 1.71. The predicted octanol–water partition coefficient (Wildman–Crippen LogP) is 2.98. The van der Waals surface area contributed by atoms with E-state index in [4.69, 9.17) is 17.3 Å². The number of aromatic nitrogens is 5. The molecule has 2 N–H and O–H groups in total. The average Bonchev–Trinajstić information content (AvgIpc) is 3.35. The highest BCUT2D eigenvalue weighted by Crippen LogP contribution is 2.47. The summed E-state index contributed by atoms with van der Waals surface area (Å²) in [4.78, 5) is 8.29. The van der Waals surface area contributed by atoms with Crippen LogP contribution in [0.1, 0.15) is 49.2 Å². The lowest BCUT2D eigenvalue weighted by Gasteiger charge is -2.09. The van der Waals surface area contributed by atoms with E-state index in [1.54, 1.807) is 0 Å². The van der Waals surface area contributed by atoms with Crippen molar-refractivity contribution < 1.29 is 0 Å². The van der Waals surface area contributed by atoms with Crippen LogP contribution in [0.15, 0.2) is 10.2 Å². The second kappa shape index (κ2) is 4.84. The van der Waals surface area contributed by atoms with Crippen molar-refractivity contribution >= 4 is 29.1 Å². The van der Waals surface area contributed by atoms with Gasteiger partial charge in [-0.05, 0) is 56.0 Å². The van der Waals surface area contributed by atoms with Crippen LogP contribution in [0.25, 0.3) is 0 Å². The molecule has 2 aromatic heterocycles. The Kier molecular flexibility index (Phi) is 3.08. The van der Waals surface area contributed by atoms with Gasteiger partial charge in [0.1, 0.15) is 10.9 Å². The molecule has 2 aliphatic carbocycles. The lowest BCUT2D eigenvalue weighted by molar-refractivity contribution is 0.626. The number of nitrogen functional groups attached to an aromatic ring is 1. The minimum Gasteiger partial charge on any atom is -0.395 e. The van der Waals surface area contributed by atoms with Crippen molar-refractivity contribution in [2.45, 2.75) is 54.7 Å². The third-order valence-corrected chi connectivity index (χ3v) is 4.94. The Morgan fingerprint density at radius 2 is 1.95 bits per heavy atom. The van der Waals surface area contributed by atoms with E-state index < -0.39 is 0 Å². The van der Waals surface area contributed by atoms with Gasteiger partial charge in [-0.15, -0.1) is 10.2 Å². The van der Waals surface area contributed by atoms with Crippen LogP contribution < -0.4 is 5.73 Å². The fourth-order valence-corrected chi connectivity index (χ4v) is 3.59. The van der Waals surface area contributed by atoms with Crippen LogP contribution in [0.4, 0.5) is 5.69 Å². The number of hydrogen-bond donors (Lipinski definition) is 1. The maximum Gasteiger partial charge on any atom is 0.223 e. The van der Waals surface area contributed by atoms with E-state index in [0.717, 1.165) is 11.0 Å². The van der Waals surface area contributed by atoms with Gasteiger partial charge in [0, 0.05) is 12.0 Å². The van der Waals surface area contributed by atoms with E-state index in [2.05, 4.69) is 24.7 Å². The van der Waals surface area contributed by atoms with Crippen molar-refractivity contribution in [3.63, 3.8) is 0 Å². The summed E-state index contributed by atoms with van der Waals surface area (Å²) in [6.45, 7) is 1.83. The van der Waals surface area contributed by atoms with Gasteiger partial charge in [0.05, 0.1) is 11.4 Å². The molecule has 2 fully saturated rings. The molecule has 0 unspecified atom stereocenters. The first kappa shape index (κ1) is 13.3. The third-order valence-electron chi connectivity index (χ3n) is 3.81. The van der Waals surface area contributed by atoms with Crippen molar-refractivity contribution in [2.24, 2.45) is 0 Å². The predicted molar refractivity (Wildman–Crippen MR) is 80.6 cm³/mol. The molecule has 0 atom stereocenters. The number of nitrogens with two attached hydrogens (primary N) is 1. The molecule has 0 aromatic carbocycles. The lowest BCUT2D eigenvalue weighted by atomic mass is 10.4. The molecule has 21 heavy (non-hydrogen) atoms. The number of halogens is 1. The molecule has 0 saturated heterocycles. The van der Waals surface area contributed by atoms with Crippen LogP contribution in [-0.2, 0) is 0 Å². The van der Waals surface area contributed by atoms with E-state index in [9.17, 15) is 0 Å². The zero-order valence-corrected chi connectivity index (χ0v) is 13.2. The standard InChI is InChI=1S/C13H15ClN6S/c1-6-9(15)11(17-12(14)16-6)21-13-19-18-10(7-2-3-7)20(13)8-4-5-8/h7-8H,2-5,15H2,1H3. The highest BCUT2D eigenvalue weighted by Gasteiger charge is 2.36. The summed E-state index contributed by atoms with van der Waals surface area (Å²) in [5.41, 5.74) is 7.31. The molecule has 0 aliphatic heterocycles. The van der Waals surface area contributed by atoms with Crippen LogP contribution in [0, 0.1) is 6.92 Å². The molecule has 0 spiro atoms. The molecular weight excluding hydrogens is 308 g/mol. The second-order valence-electron chi connectivity index (χ2n) is 5.62. The van der Waals surface area contributed by atoms with Gasteiger partial charge in [-0.25, -0.2) is 9.97 Å². The van der Waals surface area contributed by atoms with Crippen molar-refractivity contribution in [2.75, 3.05) is 5.73 Å². The average molecular weight is 323 g/mol. The number of aryl methyl sites for hydroxylation is 1. The van der Waals surface area contributed by atoms with Gasteiger partial charge in [0.2, 0.25) is 5.28 Å². The first-order valence-electron chi connectivity index (χ1n) is 7.05. The van der Waals surface area contributed by atoms with Gasteiger partial charge >= 0.3 is 0 Å². The van der Waals surface area contributed by atoms with Gasteiger partial charge < -0.3 is 10.3 Å². The van der Waals surface area contributed by atoms with Gasteiger partial charge in [0.15, 0.2) is 5.16 Å². The minimum absolute atomic E-state index is 0.212. The van der Waals surface area contributed by atoms with E-state index in [0.29, 0.717) is 28.4 Å². The number of anilines is 1. The SMILES string of the molecule is Cc1nc(Cl)nc(Sc2nnc(C3CC3)n2C2CC2)c1N. The monoisotopic (exact) mass is 322 g/mol. The quantitative estimate of drug-likeness (QED) is 0.688. The Bertz CT molecular complexity index is 707. The molecule has 2 saturated carbocycles. The van der Waals surface area contributed by atoms with E-state index in [1.165, 1.54) is 37.4 Å². The molecule has 110 valence electrons. The van der Waals surface area contributed by atoms with E-state index in [1.807, 2.05) is 6.92 Å². The van der Waals surface area contributed by atoms with Gasteiger partial charge in [0.25, 0.3) is 0 Å². The Labute approximate surface area is 131 Å². The first-order chi connectivity index (χ1) is 10.1. The molecule has 2 aliphatic rings. The molecule has 8 heteroatoms. The van der Waals surface area contributed by atoms with Crippen LogP contribution in [0.2, 0.25) is 5.28 Å². The van der Waals surface area contributed by atoms with E-state index >= 15 is 0 Å². The maximum absolute atomic E-state index is 6.06. The molecular formula is C13H15ClN6S. The smallest absolute Gasteiger partial charge is 0.223 e. The normalized spacial score (nSPS) is 18.2. The van der Waals surface area contributed by atoms with Crippen molar-refractivity contribution in [3.8, 4) is 0 Å². The lowest BCUT2D eigenvalue weighted by Crippen LogP contribution is -2.03. The molecule has 0 radical (unpaired) electrons. The number of nitrogens with zero attached hydrogens (tertiary/aromatic N) is 5. The highest BCUT2D eigenvalue weighted by atomic mass is 35.5. The summed E-state index contributed by atoms with van der Waals surface area (Å²) in [7, 11) is 0. The molecule has 0 amide bonds. The Hall–Kier alpha value is -1.34. The zero-order chi connectivity index (χ0) is 14.6. The molecule has 4 rings (SSSR count). The summed E-state index contributed by atoms with van der Waals surface area (Å²) in [5.74, 6) is 1.70. The fourth-order valence-electron chi connectivity index (χ4n) is 2.34. The van der Waals surface area contributed by atoms with Crippen LogP contribution in [0.3, 0.4) is 0 Å².